The Morgan fingerprint density at radius 3 is 2.68 bits per heavy atom. The molecule has 31 heavy (non-hydrogen) atoms. The molecular weight excluding hydrogens is 409 g/mol. The topological polar surface area (TPSA) is 59.4 Å². The Hall–Kier alpha value is -1.77. The van der Waals surface area contributed by atoms with Crippen LogP contribution in [0, 0.1) is 5.41 Å². The second-order valence-corrected chi connectivity index (χ2v) is 10.3. The molecule has 0 radical (unpaired) electrons. The predicted octanol–water partition coefficient (Wildman–Crippen LogP) is 4.49. The van der Waals surface area contributed by atoms with Crippen molar-refractivity contribution in [3.63, 3.8) is 0 Å². The fourth-order valence-electron chi connectivity index (χ4n) is 4.88. The van der Waals surface area contributed by atoms with E-state index < -0.39 is 12.2 Å². The zero-order chi connectivity index (χ0) is 22.4. The minimum Gasteiger partial charge on any atom is -0.378 e. The summed E-state index contributed by atoms with van der Waals surface area (Å²) in [5.41, 5.74) is 0.326. The summed E-state index contributed by atoms with van der Waals surface area (Å²) in [5.74, 6) is 0.444. The van der Waals surface area contributed by atoms with E-state index in [0.717, 1.165) is 23.9 Å². The number of aromatic nitrogens is 2. The number of rotatable bonds is 3. The number of carbonyl (C=O) groups is 1. The molecule has 3 aliphatic rings. The minimum absolute atomic E-state index is 0.00806. The maximum Gasteiger partial charge on any atom is 0.410 e. The number of carbonyl (C=O) groups excluding carboxylic acids is 1. The van der Waals surface area contributed by atoms with Gasteiger partial charge in [0.1, 0.15) is 5.82 Å². The fourth-order valence-corrected chi connectivity index (χ4v) is 4.88. The zero-order valence-corrected chi connectivity index (χ0v) is 18.5. The predicted molar refractivity (Wildman–Crippen MR) is 111 cm³/mol. The van der Waals surface area contributed by atoms with Gasteiger partial charge in [-0.15, -0.1) is 0 Å². The van der Waals surface area contributed by atoms with Gasteiger partial charge in [0.25, 0.3) is 0 Å². The van der Waals surface area contributed by atoms with Gasteiger partial charge in [-0.2, -0.15) is 18.3 Å². The van der Waals surface area contributed by atoms with Gasteiger partial charge in [0.2, 0.25) is 5.91 Å². The molecule has 2 saturated heterocycles. The number of likely N-dealkylation sites (tertiary alicyclic amines) is 1. The Morgan fingerprint density at radius 2 is 2.03 bits per heavy atom. The Balaban J connectivity index is 1.47. The van der Waals surface area contributed by atoms with Crippen LogP contribution in [0.4, 0.5) is 19.0 Å². The first-order chi connectivity index (χ1) is 14.5. The molecule has 0 unspecified atom stereocenters. The molecule has 2 fully saturated rings. The van der Waals surface area contributed by atoms with Gasteiger partial charge in [0.05, 0.1) is 18.2 Å². The van der Waals surface area contributed by atoms with Crippen LogP contribution in [0.2, 0.25) is 0 Å². The molecule has 0 saturated carbocycles. The summed E-state index contributed by atoms with van der Waals surface area (Å²) < 4.78 is 48.2. The number of hydrogen-bond donors (Lipinski definition) is 1. The van der Waals surface area contributed by atoms with Crippen LogP contribution < -0.4 is 5.32 Å². The first-order valence-electron chi connectivity index (χ1n) is 11.3. The summed E-state index contributed by atoms with van der Waals surface area (Å²) in [5, 5.41) is 7.65. The lowest BCUT2D eigenvalue weighted by Gasteiger charge is -2.39. The van der Waals surface area contributed by atoms with Crippen molar-refractivity contribution in [2.75, 3.05) is 25.0 Å². The minimum atomic E-state index is -4.36. The number of anilines is 1. The van der Waals surface area contributed by atoms with E-state index in [2.05, 4.69) is 10.4 Å². The van der Waals surface area contributed by atoms with Crippen LogP contribution >= 0.6 is 0 Å². The number of halogens is 3. The van der Waals surface area contributed by atoms with Crippen LogP contribution in [0.5, 0.6) is 0 Å². The second-order valence-electron chi connectivity index (χ2n) is 10.3. The molecule has 0 bridgehead atoms. The Bertz CT molecular complexity index is 796. The van der Waals surface area contributed by atoms with Gasteiger partial charge in [0.15, 0.2) is 6.04 Å². The van der Waals surface area contributed by atoms with Gasteiger partial charge < -0.3 is 15.0 Å². The van der Waals surface area contributed by atoms with E-state index >= 15 is 0 Å². The van der Waals surface area contributed by atoms with E-state index in [-0.39, 0.29) is 35.8 Å². The number of hydrogen-bond acceptors (Lipinski definition) is 4. The molecule has 4 heterocycles. The number of ether oxygens (including phenoxy) is 1. The van der Waals surface area contributed by atoms with E-state index in [9.17, 15) is 18.0 Å². The van der Waals surface area contributed by atoms with Gasteiger partial charge in [-0.05, 0) is 37.5 Å². The highest BCUT2D eigenvalue weighted by molar-refractivity contribution is 5.77. The summed E-state index contributed by atoms with van der Waals surface area (Å²) in [4.78, 5) is 14.5. The molecule has 9 heteroatoms. The van der Waals surface area contributed by atoms with Gasteiger partial charge in [-0.3, -0.25) is 4.79 Å². The molecule has 1 amide bonds. The van der Waals surface area contributed by atoms with E-state index in [4.69, 9.17) is 4.74 Å². The fraction of sp³-hybridized carbons (Fsp3) is 0.818. The molecule has 1 aromatic heterocycles. The largest absolute Gasteiger partial charge is 0.410 e. The maximum absolute atomic E-state index is 13.8. The molecule has 4 rings (SSSR count). The average molecular weight is 443 g/mol. The monoisotopic (exact) mass is 442 g/mol. The molecule has 174 valence electrons. The standard InChI is InChI=1S/C22H33F3N4O2/c1-21(2,3)17-12-18(22(23,24)25)29-19(26-17)11-16(27-29)14-7-8-28(13-14)20(30)10-15-6-4-5-9-31-15/h11,14-15,17-18,26H,4-10,12-13H2,1-3H3/t14-,15+,17+,18+/m1/s1. The summed E-state index contributed by atoms with van der Waals surface area (Å²) in [7, 11) is 0. The van der Waals surface area contributed by atoms with E-state index in [1.165, 1.54) is 0 Å². The van der Waals surface area contributed by atoms with Crippen LogP contribution in [0.3, 0.4) is 0 Å². The Kier molecular flexibility index (Phi) is 6.00. The average Bonchev–Trinajstić information content (AvgIpc) is 3.33. The normalized spacial score (nSPS) is 29.5. The van der Waals surface area contributed by atoms with E-state index in [0.29, 0.717) is 44.0 Å². The third-order valence-corrected chi connectivity index (χ3v) is 6.89. The lowest BCUT2D eigenvalue weighted by molar-refractivity contribution is -0.175. The van der Waals surface area contributed by atoms with Crippen molar-refractivity contribution in [3.8, 4) is 0 Å². The van der Waals surface area contributed by atoms with Crippen molar-refractivity contribution >= 4 is 11.7 Å². The highest BCUT2D eigenvalue weighted by Gasteiger charge is 2.48. The van der Waals surface area contributed by atoms with Crippen molar-refractivity contribution in [2.45, 2.75) is 89.6 Å². The summed E-state index contributed by atoms with van der Waals surface area (Å²) in [6, 6.07) is -0.183. The molecule has 1 aromatic rings. The number of amides is 1. The zero-order valence-electron chi connectivity index (χ0n) is 18.5. The quantitative estimate of drug-likeness (QED) is 0.749. The lowest BCUT2D eigenvalue weighted by Crippen LogP contribution is -2.44. The van der Waals surface area contributed by atoms with E-state index in [1.54, 1.807) is 6.07 Å². The Morgan fingerprint density at radius 1 is 1.26 bits per heavy atom. The van der Waals surface area contributed by atoms with Crippen LogP contribution in [0.25, 0.3) is 0 Å². The van der Waals surface area contributed by atoms with Crippen LogP contribution in [-0.4, -0.2) is 58.6 Å². The molecule has 1 N–H and O–H groups in total. The van der Waals surface area contributed by atoms with Gasteiger partial charge in [-0.25, -0.2) is 4.68 Å². The maximum atomic E-state index is 13.8. The highest BCUT2D eigenvalue weighted by atomic mass is 19.4. The molecule has 3 aliphatic heterocycles. The molecule has 0 aromatic carbocycles. The SMILES string of the molecule is CC(C)(C)[C@@H]1C[C@@H](C(F)(F)F)n2nc([C@@H]3CCN(C(=O)C[C@@H]4CCCCO4)C3)cc2N1. The molecule has 6 nitrogen and oxygen atoms in total. The van der Waals surface area contributed by atoms with Crippen molar-refractivity contribution < 1.29 is 22.7 Å². The molecule has 4 atom stereocenters. The first kappa shape index (κ1) is 22.4. The summed E-state index contributed by atoms with van der Waals surface area (Å²) in [6.07, 6.45) is -0.264. The number of nitrogens with zero attached hydrogens (tertiary/aromatic N) is 3. The third-order valence-electron chi connectivity index (χ3n) is 6.89. The summed E-state index contributed by atoms with van der Waals surface area (Å²) in [6.45, 7) is 7.66. The van der Waals surface area contributed by atoms with Crippen LogP contribution in [0.15, 0.2) is 6.07 Å². The van der Waals surface area contributed by atoms with Gasteiger partial charge in [0, 0.05) is 37.7 Å². The van der Waals surface area contributed by atoms with E-state index in [1.807, 2.05) is 25.7 Å². The highest BCUT2D eigenvalue weighted by Crippen LogP contribution is 2.44. The summed E-state index contributed by atoms with van der Waals surface area (Å²) >= 11 is 0. The van der Waals surface area contributed by atoms with Gasteiger partial charge in [-0.1, -0.05) is 20.8 Å². The molecule has 0 spiro atoms. The second kappa shape index (κ2) is 8.30. The number of fused-ring (bicyclic) bond motifs is 1. The third kappa shape index (κ3) is 4.86. The molecular formula is C22H33F3N4O2. The van der Waals surface area contributed by atoms with Crippen molar-refractivity contribution in [3.05, 3.63) is 11.8 Å². The first-order valence-corrected chi connectivity index (χ1v) is 11.3. The smallest absolute Gasteiger partial charge is 0.378 e. The van der Waals surface area contributed by atoms with Crippen molar-refractivity contribution in [2.24, 2.45) is 5.41 Å². The van der Waals surface area contributed by atoms with Crippen molar-refractivity contribution in [1.29, 1.82) is 0 Å². The number of alkyl halides is 3. The lowest BCUT2D eigenvalue weighted by atomic mass is 9.82. The van der Waals surface area contributed by atoms with Crippen molar-refractivity contribution in [1.82, 2.24) is 14.7 Å². The van der Waals surface area contributed by atoms with Crippen LogP contribution in [0.1, 0.15) is 76.9 Å². The Labute approximate surface area is 181 Å². The van der Waals surface area contributed by atoms with Crippen LogP contribution in [-0.2, 0) is 9.53 Å². The molecule has 0 aliphatic carbocycles. The number of nitrogens with one attached hydrogen (secondary N) is 1. The van der Waals surface area contributed by atoms with Gasteiger partial charge >= 0.3 is 6.18 Å².